The molecule has 1 aromatic rings. The van der Waals surface area contributed by atoms with Crippen molar-refractivity contribution in [3.05, 3.63) is 21.9 Å². The summed E-state index contributed by atoms with van der Waals surface area (Å²) in [5.41, 5.74) is 0. The Morgan fingerprint density at radius 2 is 1.88 bits per heavy atom. The molecule has 1 aromatic heterocycles. The minimum atomic E-state index is -0.139. The van der Waals surface area contributed by atoms with E-state index in [1.54, 1.807) is 0 Å². The minimum absolute atomic E-state index is 0.139. The molecule has 0 aliphatic heterocycles. The average molecular weight is 240 g/mol. The van der Waals surface area contributed by atoms with Crippen LogP contribution in [0.1, 0.15) is 55.7 Å². The second-order valence-electron chi connectivity index (χ2n) is 4.43. The molecule has 1 unspecified atom stereocenters. The molecule has 0 bridgehead atoms. The summed E-state index contributed by atoms with van der Waals surface area (Å²) in [5, 5.41) is 9.89. The third-order valence-electron chi connectivity index (χ3n) is 2.89. The molecule has 1 heterocycles. The van der Waals surface area contributed by atoms with Crippen LogP contribution in [0, 0.1) is 0 Å². The third-order valence-corrected chi connectivity index (χ3v) is 4.15. The van der Waals surface area contributed by atoms with Gasteiger partial charge in [0.15, 0.2) is 0 Å². The molecule has 16 heavy (non-hydrogen) atoms. The van der Waals surface area contributed by atoms with Gasteiger partial charge in [-0.25, -0.2) is 0 Å². The summed E-state index contributed by atoms with van der Waals surface area (Å²) in [6.45, 7) is 4.39. The monoisotopic (exact) mass is 240 g/mol. The van der Waals surface area contributed by atoms with Crippen LogP contribution in [0.2, 0.25) is 0 Å². The van der Waals surface area contributed by atoms with Gasteiger partial charge in [-0.05, 0) is 25.0 Å². The summed E-state index contributed by atoms with van der Waals surface area (Å²) in [7, 11) is 0. The number of aliphatic hydroxyl groups excluding tert-OH is 1. The summed E-state index contributed by atoms with van der Waals surface area (Å²) in [5.74, 6) is 0. The molecule has 1 rings (SSSR count). The van der Waals surface area contributed by atoms with E-state index >= 15 is 0 Å². The molecule has 1 N–H and O–H groups in total. The SMILES string of the molecule is CCCCCCC(O)Cc1ccc(CC)s1. The molecule has 1 atom stereocenters. The molecular formula is C14H24OS. The first-order valence-corrected chi connectivity index (χ1v) is 7.33. The van der Waals surface area contributed by atoms with E-state index < -0.39 is 0 Å². The van der Waals surface area contributed by atoms with E-state index in [1.165, 1.54) is 35.4 Å². The average Bonchev–Trinajstić information content (AvgIpc) is 2.72. The van der Waals surface area contributed by atoms with Gasteiger partial charge in [0.05, 0.1) is 6.10 Å². The summed E-state index contributed by atoms with van der Waals surface area (Å²) in [6, 6.07) is 4.35. The van der Waals surface area contributed by atoms with Crippen molar-refractivity contribution >= 4 is 11.3 Å². The highest BCUT2D eigenvalue weighted by atomic mass is 32.1. The second-order valence-corrected chi connectivity index (χ2v) is 5.68. The van der Waals surface area contributed by atoms with Gasteiger partial charge in [-0.2, -0.15) is 0 Å². The number of aryl methyl sites for hydroxylation is 1. The van der Waals surface area contributed by atoms with Crippen LogP contribution in [-0.2, 0) is 12.8 Å². The highest BCUT2D eigenvalue weighted by Gasteiger charge is 2.07. The van der Waals surface area contributed by atoms with E-state index in [2.05, 4.69) is 26.0 Å². The maximum atomic E-state index is 9.89. The normalized spacial score (nSPS) is 12.9. The Labute approximate surface area is 104 Å². The molecule has 0 aromatic carbocycles. The van der Waals surface area contributed by atoms with Gasteiger partial charge in [0, 0.05) is 16.2 Å². The zero-order chi connectivity index (χ0) is 11.8. The van der Waals surface area contributed by atoms with Crippen molar-refractivity contribution in [2.24, 2.45) is 0 Å². The quantitative estimate of drug-likeness (QED) is 0.676. The molecule has 0 radical (unpaired) electrons. The lowest BCUT2D eigenvalue weighted by Crippen LogP contribution is -2.09. The Balaban J connectivity index is 2.20. The molecule has 92 valence electrons. The fourth-order valence-corrected chi connectivity index (χ4v) is 2.89. The van der Waals surface area contributed by atoms with E-state index in [1.807, 2.05) is 11.3 Å². The number of aliphatic hydroxyl groups is 1. The molecule has 0 amide bonds. The standard InChI is InChI=1S/C14H24OS/c1-3-5-6-7-8-12(15)11-14-10-9-13(4-2)16-14/h9-10,12,15H,3-8,11H2,1-2H3. The fraction of sp³-hybridized carbons (Fsp3) is 0.714. The van der Waals surface area contributed by atoms with Gasteiger partial charge < -0.3 is 5.11 Å². The first-order valence-electron chi connectivity index (χ1n) is 6.51. The van der Waals surface area contributed by atoms with Gasteiger partial charge in [-0.15, -0.1) is 11.3 Å². The summed E-state index contributed by atoms with van der Waals surface area (Å²) < 4.78 is 0. The highest BCUT2D eigenvalue weighted by Crippen LogP contribution is 2.20. The number of thiophene rings is 1. The van der Waals surface area contributed by atoms with E-state index in [0.717, 1.165) is 19.3 Å². The number of unbranched alkanes of at least 4 members (excludes halogenated alkanes) is 3. The first-order chi connectivity index (χ1) is 7.76. The molecule has 0 saturated carbocycles. The molecule has 0 fully saturated rings. The predicted octanol–water partition coefficient (Wildman–Crippen LogP) is 4.18. The zero-order valence-electron chi connectivity index (χ0n) is 10.5. The minimum Gasteiger partial charge on any atom is -0.393 e. The highest BCUT2D eigenvalue weighted by molar-refractivity contribution is 7.11. The lowest BCUT2D eigenvalue weighted by Gasteiger charge is -2.08. The number of hydrogen-bond donors (Lipinski definition) is 1. The largest absolute Gasteiger partial charge is 0.393 e. The van der Waals surface area contributed by atoms with Crippen LogP contribution in [0.15, 0.2) is 12.1 Å². The van der Waals surface area contributed by atoms with Crippen LogP contribution >= 0.6 is 11.3 Å². The maximum absolute atomic E-state index is 9.89. The summed E-state index contributed by atoms with van der Waals surface area (Å²) >= 11 is 1.84. The second kappa shape index (κ2) is 7.86. The van der Waals surface area contributed by atoms with E-state index in [9.17, 15) is 5.11 Å². The smallest absolute Gasteiger partial charge is 0.0588 e. The van der Waals surface area contributed by atoms with Crippen molar-refractivity contribution in [1.29, 1.82) is 0 Å². The Morgan fingerprint density at radius 3 is 2.50 bits per heavy atom. The van der Waals surface area contributed by atoms with Crippen molar-refractivity contribution in [2.75, 3.05) is 0 Å². The summed E-state index contributed by atoms with van der Waals surface area (Å²) in [6.07, 6.45) is 7.76. The Bertz CT molecular complexity index is 280. The van der Waals surface area contributed by atoms with Crippen LogP contribution in [0.3, 0.4) is 0 Å². The number of rotatable bonds is 8. The molecule has 0 saturated heterocycles. The molecular weight excluding hydrogens is 216 g/mol. The van der Waals surface area contributed by atoms with Crippen molar-refractivity contribution in [3.63, 3.8) is 0 Å². The molecule has 1 nitrogen and oxygen atoms in total. The van der Waals surface area contributed by atoms with Crippen LogP contribution in [-0.4, -0.2) is 11.2 Å². The number of hydrogen-bond acceptors (Lipinski definition) is 2. The Hall–Kier alpha value is -0.340. The van der Waals surface area contributed by atoms with Gasteiger partial charge in [0.2, 0.25) is 0 Å². The molecule has 0 aliphatic rings. The fourth-order valence-electron chi connectivity index (χ4n) is 1.86. The van der Waals surface area contributed by atoms with Crippen LogP contribution in [0.5, 0.6) is 0 Å². The van der Waals surface area contributed by atoms with Crippen LogP contribution in [0.25, 0.3) is 0 Å². The van der Waals surface area contributed by atoms with E-state index in [4.69, 9.17) is 0 Å². The van der Waals surface area contributed by atoms with Gasteiger partial charge in [0.25, 0.3) is 0 Å². The Kier molecular flexibility index (Phi) is 6.74. The van der Waals surface area contributed by atoms with Crippen molar-refractivity contribution < 1.29 is 5.11 Å². The lowest BCUT2D eigenvalue weighted by molar-refractivity contribution is 0.162. The van der Waals surface area contributed by atoms with E-state index in [0.29, 0.717) is 0 Å². The third kappa shape index (κ3) is 5.13. The maximum Gasteiger partial charge on any atom is 0.0588 e. The lowest BCUT2D eigenvalue weighted by atomic mass is 10.1. The van der Waals surface area contributed by atoms with Gasteiger partial charge >= 0.3 is 0 Å². The van der Waals surface area contributed by atoms with Crippen molar-refractivity contribution in [2.45, 2.75) is 64.9 Å². The topological polar surface area (TPSA) is 20.2 Å². The zero-order valence-corrected chi connectivity index (χ0v) is 11.4. The molecule has 0 spiro atoms. The first kappa shape index (κ1) is 13.7. The van der Waals surface area contributed by atoms with Gasteiger partial charge in [-0.1, -0.05) is 39.5 Å². The van der Waals surface area contributed by atoms with Gasteiger partial charge in [-0.3, -0.25) is 0 Å². The van der Waals surface area contributed by atoms with Crippen LogP contribution < -0.4 is 0 Å². The van der Waals surface area contributed by atoms with E-state index in [-0.39, 0.29) is 6.10 Å². The van der Waals surface area contributed by atoms with Crippen LogP contribution in [0.4, 0.5) is 0 Å². The summed E-state index contributed by atoms with van der Waals surface area (Å²) in [4.78, 5) is 2.76. The van der Waals surface area contributed by atoms with Crippen molar-refractivity contribution in [3.8, 4) is 0 Å². The molecule has 0 aliphatic carbocycles. The van der Waals surface area contributed by atoms with Crippen molar-refractivity contribution in [1.82, 2.24) is 0 Å². The van der Waals surface area contributed by atoms with Gasteiger partial charge in [0.1, 0.15) is 0 Å². The Morgan fingerprint density at radius 1 is 1.12 bits per heavy atom. The predicted molar refractivity (Wildman–Crippen MR) is 72.2 cm³/mol. The molecule has 2 heteroatoms.